The van der Waals surface area contributed by atoms with Gasteiger partial charge in [-0.25, -0.2) is 0 Å². The molecule has 102 valence electrons. The molecule has 0 aromatic heterocycles. The van der Waals surface area contributed by atoms with Crippen LogP contribution in [0.25, 0.3) is 21.5 Å². The molecule has 0 unspecified atom stereocenters. The van der Waals surface area contributed by atoms with Crippen LogP contribution in [0.4, 0.5) is 0 Å². The Morgan fingerprint density at radius 2 is 1.57 bits per heavy atom. The summed E-state index contributed by atoms with van der Waals surface area (Å²) in [5.41, 5.74) is 0. The van der Waals surface area contributed by atoms with Gasteiger partial charge in [-0.05, 0) is 22.2 Å². The molecular formula is C16H13NaO3S. The molecule has 0 spiro atoms. The van der Waals surface area contributed by atoms with Gasteiger partial charge in [0.2, 0.25) is 0 Å². The first-order valence-electron chi connectivity index (χ1n) is 6.08. The van der Waals surface area contributed by atoms with Crippen molar-refractivity contribution in [3.8, 4) is 0 Å². The van der Waals surface area contributed by atoms with E-state index in [1.807, 2.05) is 36.4 Å². The molecule has 0 saturated heterocycles. The van der Waals surface area contributed by atoms with Crippen LogP contribution in [0.1, 0.15) is 0 Å². The van der Waals surface area contributed by atoms with Crippen LogP contribution in [-0.2, 0) is 14.3 Å². The maximum absolute atomic E-state index is 12.1. The number of rotatable bonds is 3. The van der Waals surface area contributed by atoms with Crippen molar-refractivity contribution in [3.63, 3.8) is 0 Å². The fourth-order valence-electron chi connectivity index (χ4n) is 2.37. The van der Waals surface area contributed by atoms with Gasteiger partial charge in [-0.1, -0.05) is 55.1 Å². The first-order chi connectivity index (χ1) is 9.63. The standard InChI is InChI=1S/C16H12O3S.Na.H/c1-2-19-20(17,18)16-9-5-8-14-13-7-4-3-6-12(13)10-11-15(14)16;;/h2-11H,1H2;;. The van der Waals surface area contributed by atoms with Crippen LogP contribution < -0.4 is 0 Å². The van der Waals surface area contributed by atoms with E-state index in [4.69, 9.17) is 0 Å². The van der Waals surface area contributed by atoms with Crippen molar-refractivity contribution in [3.05, 3.63) is 67.4 Å². The molecule has 3 rings (SSSR count). The van der Waals surface area contributed by atoms with E-state index in [0.29, 0.717) is 5.39 Å². The SMILES string of the molecule is C=COS(=O)(=O)c1cccc2c1ccc1ccccc12.[NaH]. The fraction of sp³-hybridized carbons (Fsp3) is 0. The number of hydrogen-bond acceptors (Lipinski definition) is 3. The van der Waals surface area contributed by atoms with Crippen molar-refractivity contribution in [1.82, 2.24) is 0 Å². The third-order valence-electron chi connectivity index (χ3n) is 3.21. The van der Waals surface area contributed by atoms with Crippen molar-refractivity contribution in [1.29, 1.82) is 0 Å². The maximum atomic E-state index is 12.1. The molecule has 0 aliphatic rings. The van der Waals surface area contributed by atoms with Gasteiger partial charge >= 0.3 is 39.7 Å². The molecule has 0 saturated carbocycles. The zero-order valence-corrected chi connectivity index (χ0v) is 11.4. The van der Waals surface area contributed by atoms with Crippen molar-refractivity contribution in [2.24, 2.45) is 0 Å². The van der Waals surface area contributed by atoms with Crippen LogP contribution in [0.2, 0.25) is 0 Å². The second-order valence-corrected chi connectivity index (χ2v) is 5.90. The third kappa shape index (κ3) is 2.85. The molecule has 21 heavy (non-hydrogen) atoms. The van der Waals surface area contributed by atoms with Crippen LogP contribution in [0.3, 0.4) is 0 Å². The summed E-state index contributed by atoms with van der Waals surface area (Å²) in [6, 6.07) is 16.7. The second-order valence-electron chi connectivity index (χ2n) is 4.35. The average molecular weight is 308 g/mol. The molecule has 0 atom stereocenters. The molecule has 0 N–H and O–H groups in total. The average Bonchev–Trinajstić information content (AvgIpc) is 2.46. The number of fused-ring (bicyclic) bond motifs is 3. The minimum absolute atomic E-state index is 0. The summed E-state index contributed by atoms with van der Waals surface area (Å²) in [6.45, 7) is 3.30. The van der Waals surface area contributed by atoms with Gasteiger partial charge in [-0.3, -0.25) is 0 Å². The molecule has 3 aromatic carbocycles. The van der Waals surface area contributed by atoms with Crippen molar-refractivity contribution < 1.29 is 12.6 Å². The Morgan fingerprint density at radius 1 is 0.857 bits per heavy atom. The first kappa shape index (κ1) is 16.0. The van der Waals surface area contributed by atoms with Gasteiger partial charge in [0, 0.05) is 5.39 Å². The van der Waals surface area contributed by atoms with Crippen molar-refractivity contribution in [2.75, 3.05) is 0 Å². The molecule has 0 aliphatic heterocycles. The molecule has 3 nitrogen and oxygen atoms in total. The summed E-state index contributed by atoms with van der Waals surface area (Å²) in [6.07, 6.45) is 0.926. The Morgan fingerprint density at radius 3 is 2.33 bits per heavy atom. The Kier molecular flexibility index (Phi) is 4.74. The van der Waals surface area contributed by atoms with Gasteiger partial charge in [-0.15, -0.1) is 0 Å². The Hall–Kier alpha value is -1.33. The van der Waals surface area contributed by atoms with Gasteiger partial charge in [0.15, 0.2) is 0 Å². The van der Waals surface area contributed by atoms with E-state index < -0.39 is 10.1 Å². The Bertz CT molecular complexity index is 917. The molecular weight excluding hydrogens is 295 g/mol. The van der Waals surface area contributed by atoms with E-state index in [1.165, 1.54) is 6.07 Å². The van der Waals surface area contributed by atoms with Gasteiger partial charge in [0.25, 0.3) is 0 Å². The Labute approximate surface area is 145 Å². The topological polar surface area (TPSA) is 43.4 Å². The molecule has 5 heteroatoms. The van der Waals surface area contributed by atoms with Crippen LogP contribution in [0.5, 0.6) is 0 Å². The van der Waals surface area contributed by atoms with Crippen LogP contribution in [-0.4, -0.2) is 38.0 Å². The van der Waals surface area contributed by atoms with Crippen molar-refractivity contribution in [2.45, 2.75) is 4.90 Å². The molecule has 0 aliphatic carbocycles. The zero-order chi connectivity index (χ0) is 14.2. The predicted molar refractivity (Wildman–Crippen MR) is 87.1 cm³/mol. The van der Waals surface area contributed by atoms with Gasteiger partial charge in [-0.2, -0.15) is 8.42 Å². The molecule has 0 heterocycles. The zero-order valence-electron chi connectivity index (χ0n) is 10.6. The second kappa shape index (κ2) is 6.20. The third-order valence-corrected chi connectivity index (χ3v) is 4.49. The van der Waals surface area contributed by atoms with E-state index in [9.17, 15) is 8.42 Å². The van der Waals surface area contributed by atoms with Gasteiger partial charge in [0.1, 0.15) is 4.90 Å². The van der Waals surface area contributed by atoms with E-state index in [-0.39, 0.29) is 34.5 Å². The molecule has 0 fully saturated rings. The van der Waals surface area contributed by atoms with E-state index in [2.05, 4.69) is 10.8 Å². The van der Waals surface area contributed by atoms with E-state index in [1.54, 1.807) is 12.1 Å². The summed E-state index contributed by atoms with van der Waals surface area (Å²) in [4.78, 5) is 0.153. The molecule has 0 bridgehead atoms. The summed E-state index contributed by atoms with van der Waals surface area (Å²) >= 11 is 0. The molecule has 0 radical (unpaired) electrons. The molecule has 0 amide bonds. The molecule has 3 aromatic rings. The van der Waals surface area contributed by atoms with Crippen LogP contribution in [0, 0.1) is 0 Å². The predicted octanol–water partition coefficient (Wildman–Crippen LogP) is 3.19. The van der Waals surface area contributed by atoms with Gasteiger partial charge < -0.3 is 4.18 Å². The summed E-state index contributed by atoms with van der Waals surface area (Å²) < 4.78 is 28.8. The van der Waals surface area contributed by atoms with E-state index in [0.717, 1.165) is 22.4 Å². The Balaban J connectivity index is 0.00000161. The minimum atomic E-state index is -3.82. The normalized spacial score (nSPS) is 11.0. The quantitative estimate of drug-likeness (QED) is 0.323. The monoisotopic (exact) mass is 308 g/mol. The van der Waals surface area contributed by atoms with Gasteiger partial charge in [0.05, 0.1) is 6.26 Å². The van der Waals surface area contributed by atoms with E-state index >= 15 is 0 Å². The summed E-state index contributed by atoms with van der Waals surface area (Å²) in [5.74, 6) is 0. The summed E-state index contributed by atoms with van der Waals surface area (Å²) in [5, 5.41) is 3.62. The number of benzene rings is 3. The number of hydrogen-bond donors (Lipinski definition) is 0. The summed E-state index contributed by atoms with van der Waals surface area (Å²) in [7, 11) is -3.82. The van der Waals surface area contributed by atoms with Crippen molar-refractivity contribution >= 4 is 61.2 Å². The first-order valence-corrected chi connectivity index (χ1v) is 7.49. The van der Waals surface area contributed by atoms with Crippen LogP contribution >= 0.6 is 0 Å². The fourth-order valence-corrected chi connectivity index (χ4v) is 3.35. The van der Waals surface area contributed by atoms with Crippen LogP contribution in [0.15, 0.2) is 72.3 Å².